The molecule has 2 N–H and O–H groups in total. The van der Waals surface area contributed by atoms with E-state index in [2.05, 4.69) is 44.9 Å². The zero-order valence-electron chi connectivity index (χ0n) is 11.0. The number of nitrogens with two attached hydrogens (primary N) is 1. The Labute approximate surface area is 99.5 Å². The van der Waals surface area contributed by atoms with Crippen LogP contribution in [0.15, 0.2) is 18.2 Å². The summed E-state index contributed by atoms with van der Waals surface area (Å²) in [7, 11) is 2.20. The van der Waals surface area contributed by atoms with E-state index >= 15 is 0 Å². The molecule has 0 atom stereocenters. The van der Waals surface area contributed by atoms with E-state index in [1.165, 1.54) is 24.0 Å². The van der Waals surface area contributed by atoms with Crippen LogP contribution in [-0.2, 0) is 6.54 Å². The monoisotopic (exact) mass is 220 g/mol. The Bertz CT molecular complexity index is 330. The van der Waals surface area contributed by atoms with Gasteiger partial charge in [-0.3, -0.25) is 4.90 Å². The fourth-order valence-corrected chi connectivity index (χ4v) is 2.17. The molecule has 1 rings (SSSR count). The van der Waals surface area contributed by atoms with Gasteiger partial charge in [0.25, 0.3) is 0 Å². The molecule has 0 fully saturated rings. The van der Waals surface area contributed by atoms with Gasteiger partial charge in [-0.1, -0.05) is 26.0 Å². The first kappa shape index (κ1) is 13.0. The molecule has 0 aliphatic carbocycles. The lowest BCUT2D eigenvalue weighted by Gasteiger charge is -2.26. The predicted molar refractivity (Wildman–Crippen MR) is 71.4 cm³/mol. The Balaban J connectivity index is 2.69. The van der Waals surface area contributed by atoms with Gasteiger partial charge in [0, 0.05) is 18.3 Å². The highest BCUT2D eigenvalue weighted by Crippen LogP contribution is 2.16. The minimum absolute atomic E-state index is 0.679. The maximum absolute atomic E-state index is 5.82. The van der Waals surface area contributed by atoms with Crippen LogP contribution >= 0.6 is 0 Å². The summed E-state index contributed by atoms with van der Waals surface area (Å²) in [6.07, 6.45) is 2.42. The Morgan fingerprint density at radius 1 is 1.25 bits per heavy atom. The number of aryl methyl sites for hydroxylation is 1. The van der Waals surface area contributed by atoms with Crippen LogP contribution in [-0.4, -0.2) is 18.0 Å². The molecule has 2 nitrogen and oxygen atoms in total. The molecule has 0 aliphatic heterocycles. The van der Waals surface area contributed by atoms with Crippen molar-refractivity contribution in [3.05, 3.63) is 29.3 Å². The quantitative estimate of drug-likeness (QED) is 0.772. The van der Waals surface area contributed by atoms with Crippen molar-refractivity contribution in [2.45, 2.75) is 46.2 Å². The highest BCUT2D eigenvalue weighted by molar-refractivity contribution is 5.47. The van der Waals surface area contributed by atoms with Gasteiger partial charge in [-0.05, 0) is 44.0 Å². The molecule has 0 aromatic heterocycles. The summed E-state index contributed by atoms with van der Waals surface area (Å²) < 4.78 is 0. The van der Waals surface area contributed by atoms with E-state index in [4.69, 9.17) is 5.73 Å². The van der Waals surface area contributed by atoms with E-state index in [-0.39, 0.29) is 0 Å². The summed E-state index contributed by atoms with van der Waals surface area (Å²) in [6, 6.07) is 7.00. The van der Waals surface area contributed by atoms with Gasteiger partial charge < -0.3 is 5.73 Å². The summed E-state index contributed by atoms with van der Waals surface area (Å²) in [5.41, 5.74) is 9.23. The molecule has 90 valence electrons. The second-order valence-electron chi connectivity index (χ2n) is 4.58. The Morgan fingerprint density at radius 3 is 2.38 bits per heavy atom. The number of anilines is 1. The summed E-state index contributed by atoms with van der Waals surface area (Å²) in [6.45, 7) is 7.57. The average Bonchev–Trinajstić information content (AvgIpc) is 2.25. The molecule has 1 aromatic rings. The van der Waals surface area contributed by atoms with Crippen molar-refractivity contribution in [3.63, 3.8) is 0 Å². The van der Waals surface area contributed by atoms with Crippen molar-refractivity contribution >= 4 is 5.69 Å². The third-order valence-electron chi connectivity index (χ3n) is 3.33. The van der Waals surface area contributed by atoms with Crippen molar-refractivity contribution in [2.75, 3.05) is 12.8 Å². The standard InChI is InChI=1S/C14H24N2/c1-5-13(6-2)16(4)10-12-7-8-14(15)11(3)9-12/h7-9,13H,5-6,10,15H2,1-4H3. The largest absolute Gasteiger partial charge is 0.399 e. The minimum Gasteiger partial charge on any atom is -0.399 e. The lowest BCUT2D eigenvalue weighted by atomic mass is 10.1. The van der Waals surface area contributed by atoms with Gasteiger partial charge in [0.1, 0.15) is 0 Å². The van der Waals surface area contributed by atoms with Crippen LogP contribution in [0.1, 0.15) is 37.8 Å². The van der Waals surface area contributed by atoms with Crippen molar-refractivity contribution < 1.29 is 0 Å². The lowest BCUT2D eigenvalue weighted by molar-refractivity contribution is 0.222. The van der Waals surface area contributed by atoms with Crippen molar-refractivity contribution in [3.8, 4) is 0 Å². The zero-order valence-corrected chi connectivity index (χ0v) is 11.0. The molecule has 2 heteroatoms. The lowest BCUT2D eigenvalue weighted by Crippen LogP contribution is -2.29. The van der Waals surface area contributed by atoms with Crippen molar-refractivity contribution in [1.82, 2.24) is 4.90 Å². The maximum Gasteiger partial charge on any atom is 0.0343 e. The van der Waals surface area contributed by atoms with Crippen LogP contribution in [0.4, 0.5) is 5.69 Å². The van der Waals surface area contributed by atoms with E-state index < -0.39 is 0 Å². The number of rotatable bonds is 5. The number of nitrogens with zero attached hydrogens (tertiary/aromatic N) is 1. The molecule has 0 spiro atoms. The second-order valence-corrected chi connectivity index (χ2v) is 4.58. The van der Waals surface area contributed by atoms with Gasteiger partial charge in [-0.15, -0.1) is 0 Å². The first-order valence-corrected chi connectivity index (χ1v) is 6.13. The predicted octanol–water partition coefficient (Wildman–Crippen LogP) is 3.20. The Morgan fingerprint density at radius 2 is 1.88 bits per heavy atom. The third kappa shape index (κ3) is 3.24. The van der Waals surface area contributed by atoms with Crippen molar-refractivity contribution in [2.24, 2.45) is 0 Å². The topological polar surface area (TPSA) is 29.3 Å². The third-order valence-corrected chi connectivity index (χ3v) is 3.33. The van der Waals surface area contributed by atoms with E-state index in [1.54, 1.807) is 0 Å². The van der Waals surface area contributed by atoms with E-state index in [0.717, 1.165) is 12.2 Å². The molecule has 0 bridgehead atoms. The van der Waals surface area contributed by atoms with Gasteiger partial charge in [0.15, 0.2) is 0 Å². The van der Waals surface area contributed by atoms with Crippen LogP contribution in [0.3, 0.4) is 0 Å². The molecule has 0 amide bonds. The van der Waals surface area contributed by atoms with Gasteiger partial charge in [0.2, 0.25) is 0 Å². The van der Waals surface area contributed by atoms with Crippen LogP contribution < -0.4 is 5.73 Å². The molecular weight excluding hydrogens is 196 g/mol. The summed E-state index contributed by atoms with van der Waals surface area (Å²) in [5.74, 6) is 0. The van der Waals surface area contributed by atoms with Crippen LogP contribution in [0.5, 0.6) is 0 Å². The van der Waals surface area contributed by atoms with E-state index in [1.807, 2.05) is 6.07 Å². The second kappa shape index (κ2) is 5.90. The smallest absolute Gasteiger partial charge is 0.0343 e. The van der Waals surface area contributed by atoms with Crippen LogP contribution in [0, 0.1) is 6.92 Å². The number of hydrogen-bond donors (Lipinski definition) is 1. The highest BCUT2D eigenvalue weighted by Gasteiger charge is 2.10. The SMILES string of the molecule is CCC(CC)N(C)Cc1ccc(N)c(C)c1. The molecular formula is C14H24N2. The fourth-order valence-electron chi connectivity index (χ4n) is 2.17. The first-order valence-electron chi connectivity index (χ1n) is 6.13. The molecule has 0 saturated heterocycles. The van der Waals surface area contributed by atoms with Gasteiger partial charge in [-0.2, -0.15) is 0 Å². The van der Waals surface area contributed by atoms with Gasteiger partial charge in [0.05, 0.1) is 0 Å². The molecule has 16 heavy (non-hydrogen) atoms. The number of benzene rings is 1. The fraction of sp³-hybridized carbons (Fsp3) is 0.571. The summed E-state index contributed by atoms with van der Waals surface area (Å²) >= 11 is 0. The summed E-state index contributed by atoms with van der Waals surface area (Å²) in [4.78, 5) is 2.42. The molecule has 0 heterocycles. The first-order chi connectivity index (χ1) is 7.58. The highest BCUT2D eigenvalue weighted by atomic mass is 15.1. The van der Waals surface area contributed by atoms with Crippen LogP contribution in [0.25, 0.3) is 0 Å². The van der Waals surface area contributed by atoms with Gasteiger partial charge in [-0.25, -0.2) is 0 Å². The molecule has 0 aliphatic rings. The van der Waals surface area contributed by atoms with Gasteiger partial charge >= 0.3 is 0 Å². The van der Waals surface area contributed by atoms with Crippen molar-refractivity contribution in [1.29, 1.82) is 0 Å². The normalized spacial score (nSPS) is 11.4. The number of hydrogen-bond acceptors (Lipinski definition) is 2. The van der Waals surface area contributed by atoms with Crippen LogP contribution in [0.2, 0.25) is 0 Å². The van der Waals surface area contributed by atoms with E-state index in [9.17, 15) is 0 Å². The molecule has 0 unspecified atom stereocenters. The summed E-state index contributed by atoms with van der Waals surface area (Å²) in [5, 5.41) is 0. The Kier molecular flexibility index (Phi) is 4.81. The minimum atomic E-state index is 0.679. The molecule has 1 aromatic carbocycles. The molecule has 0 radical (unpaired) electrons. The zero-order chi connectivity index (χ0) is 12.1. The average molecular weight is 220 g/mol. The number of nitrogen functional groups attached to an aromatic ring is 1. The Hall–Kier alpha value is -1.02. The maximum atomic E-state index is 5.82. The molecule has 0 saturated carbocycles. The van der Waals surface area contributed by atoms with E-state index in [0.29, 0.717) is 6.04 Å².